The lowest BCUT2D eigenvalue weighted by Gasteiger charge is -2.18. The van der Waals surface area contributed by atoms with E-state index in [1.165, 1.54) is 6.20 Å². The third kappa shape index (κ3) is 2.57. The minimum Gasteiger partial charge on any atom is -0.395 e. The zero-order valence-corrected chi connectivity index (χ0v) is 11.7. The molecule has 3 N–H and O–H groups in total. The van der Waals surface area contributed by atoms with E-state index in [9.17, 15) is 19.8 Å². The molecule has 2 heterocycles. The van der Waals surface area contributed by atoms with Crippen molar-refractivity contribution in [1.82, 2.24) is 9.13 Å². The molecule has 7 nitrogen and oxygen atoms in total. The summed E-state index contributed by atoms with van der Waals surface area (Å²) in [6.07, 6.45) is -0.0164. The van der Waals surface area contributed by atoms with Crippen molar-refractivity contribution in [2.45, 2.75) is 22.8 Å². The van der Waals surface area contributed by atoms with E-state index in [0.717, 1.165) is 38.7 Å². The lowest BCUT2D eigenvalue weighted by atomic mass is 10.1. The molecule has 1 aromatic rings. The van der Waals surface area contributed by atoms with Crippen molar-refractivity contribution in [3.63, 3.8) is 0 Å². The highest BCUT2D eigenvalue weighted by Gasteiger charge is 2.43. The Morgan fingerprint density at radius 2 is 2.05 bits per heavy atom. The molecule has 0 aliphatic carbocycles. The van der Waals surface area contributed by atoms with Crippen LogP contribution in [0.2, 0.25) is 0 Å². The van der Waals surface area contributed by atoms with Crippen LogP contribution in [0.4, 0.5) is 0 Å². The van der Waals surface area contributed by atoms with E-state index in [4.69, 9.17) is 16.7 Å². The highest BCUT2D eigenvalue weighted by molar-refractivity contribution is 8.00. The van der Waals surface area contributed by atoms with Gasteiger partial charge in [0.2, 0.25) is 0 Å². The molecule has 1 saturated heterocycles. The van der Waals surface area contributed by atoms with Crippen LogP contribution in [0, 0.1) is 0 Å². The molecule has 9 heteroatoms. The Bertz CT molecular complexity index is 628. The second kappa shape index (κ2) is 6.15. The van der Waals surface area contributed by atoms with E-state index in [2.05, 4.69) is 0 Å². The number of rotatable bonds is 3. The molecule has 1 aliphatic rings. The molecule has 1 aliphatic heterocycles. The molecule has 0 saturated carbocycles. The van der Waals surface area contributed by atoms with Crippen LogP contribution in [-0.2, 0) is 0 Å². The van der Waals surface area contributed by atoms with Gasteiger partial charge in [-0.3, -0.25) is 9.36 Å². The molecule has 1 aromatic heterocycles. The first kappa shape index (κ1) is 15.3. The number of aromatic nitrogens is 2. The van der Waals surface area contributed by atoms with Crippen molar-refractivity contribution in [3.05, 3.63) is 38.6 Å². The van der Waals surface area contributed by atoms with Gasteiger partial charge in [0.25, 0.3) is 5.56 Å². The fraction of sp³-hybridized carbons (Fsp3) is 0.455. The summed E-state index contributed by atoms with van der Waals surface area (Å²) < 4.78 is 1.92. The molecule has 0 aromatic carbocycles. The summed E-state index contributed by atoms with van der Waals surface area (Å²) in [7, 11) is 0. The molecule has 4 atom stereocenters. The van der Waals surface area contributed by atoms with Gasteiger partial charge in [0.15, 0.2) is 0 Å². The molecule has 1 fully saturated rings. The van der Waals surface area contributed by atoms with Crippen LogP contribution in [-0.4, -0.2) is 48.5 Å². The molecule has 20 heavy (non-hydrogen) atoms. The van der Waals surface area contributed by atoms with Crippen molar-refractivity contribution in [2.75, 3.05) is 6.61 Å². The maximum Gasteiger partial charge on any atom is 0.336 e. The van der Waals surface area contributed by atoms with Gasteiger partial charge in [-0.05, 0) is 0 Å². The summed E-state index contributed by atoms with van der Waals surface area (Å²) in [5.74, 6) is 0. The number of hydrogen-bond acceptors (Lipinski definition) is 6. The number of halogens is 1. The maximum atomic E-state index is 12.2. The average Bonchev–Trinajstić information content (AvgIpc) is 2.71. The van der Waals surface area contributed by atoms with Gasteiger partial charge in [0.1, 0.15) is 11.5 Å². The van der Waals surface area contributed by atoms with E-state index >= 15 is 0 Å². The molecule has 0 amide bonds. The van der Waals surface area contributed by atoms with Crippen molar-refractivity contribution in [3.8, 4) is 0 Å². The normalized spacial score (nSPS) is 30.2. The van der Waals surface area contributed by atoms with Gasteiger partial charge in [0.05, 0.1) is 18.0 Å². The summed E-state index contributed by atoms with van der Waals surface area (Å²) in [4.78, 5) is 23.7. The molecule has 0 radical (unpaired) electrons. The topological polar surface area (TPSA) is 105 Å². The number of aliphatic hydroxyl groups excluding tert-OH is 3. The van der Waals surface area contributed by atoms with E-state index < -0.39 is 34.1 Å². The minimum atomic E-state index is -1.22. The van der Waals surface area contributed by atoms with Gasteiger partial charge in [-0.1, -0.05) is 11.6 Å². The first-order chi connectivity index (χ1) is 9.51. The van der Waals surface area contributed by atoms with Crippen molar-refractivity contribution in [1.29, 1.82) is 0 Å². The van der Waals surface area contributed by atoms with Crippen molar-refractivity contribution >= 4 is 29.6 Å². The van der Waals surface area contributed by atoms with Crippen molar-refractivity contribution < 1.29 is 15.3 Å². The first-order valence-corrected chi connectivity index (χ1v) is 7.12. The van der Waals surface area contributed by atoms with E-state index in [-0.39, 0.29) is 6.61 Å². The summed E-state index contributed by atoms with van der Waals surface area (Å²) in [6, 6.07) is 1.16. The molecule has 0 bridgehead atoms. The standard InChI is InChI=1S/C11H13ClN2O5S/c12-2-4-13-7(16)1-3-14(11(13)19)10-9(18)8(17)6(5-15)20-10/h1-4,6,8-10,15,17-18H,5H2/t6-,8-,9+,10-/m1/s1. The van der Waals surface area contributed by atoms with Gasteiger partial charge in [-0.15, -0.1) is 11.8 Å². The highest BCUT2D eigenvalue weighted by Crippen LogP contribution is 2.40. The summed E-state index contributed by atoms with van der Waals surface area (Å²) in [5, 5.41) is 27.4. The Balaban J connectivity index is 2.47. The zero-order chi connectivity index (χ0) is 14.9. The third-order valence-corrected chi connectivity index (χ3v) is 4.71. The average molecular weight is 321 g/mol. The maximum absolute atomic E-state index is 12.2. The predicted molar refractivity (Wildman–Crippen MR) is 75.7 cm³/mol. The molecule has 0 unspecified atom stereocenters. The largest absolute Gasteiger partial charge is 0.395 e. The van der Waals surface area contributed by atoms with Crippen molar-refractivity contribution in [2.24, 2.45) is 0 Å². The predicted octanol–water partition coefficient (Wildman–Crippen LogP) is -0.995. The Morgan fingerprint density at radius 3 is 2.60 bits per heavy atom. The molecule has 110 valence electrons. The smallest absolute Gasteiger partial charge is 0.336 e. The Labute approximate surface area is 122 Å². The lowest BCUT2D eigenvalue weighted by Crippen LogP contribution is -2.40. The van der Waals surface area contributed by atoms with Crippen LogP contribution < -0.4 is 11.2 Å². The fourth-order valence-electron chi connectivity index (χ4n) is 2.00. The Hall–Kier alpha value is -1.06. The number of aliphatic hydroxyl groups is 3. The van der Waals surface area contributed by atoms with E-state index in [1.54, 1.807) is 0 Å². The lowest BCUT2D eigenvalue weighted by molar-refractivity contribution is 0.0100. The Morgan fingerprint density at radius 1 is 1.35 bits per heavy atom. The zero-order valence-electron chi connectivity index (χ0n) is 10.2. The van der Waals surface area contributed by atoms with Crippen LogP contribution >= 0.6 is 23.4 Å². The van der Waals surface area contributed by atoms with Crippen LogP contribution in [0.25, 0.3) is 6.20 Å². The van der Waals surface area contributed by atoms with Crippen LogP contribution in [0.3, 0.4) is 0 Å². The minimum absolute atomic E-state index is 0.324. The van der Waals surface area contributed by atoms with E-state index in [1.807, 2.05) is 0 Å². The molecule has 0 spiro atoms. The number of thioether (sulfide) groups is 1. The van der Waals surface area contributed by atoms with Gasteiger partial charge < -0.3 is 15.3 Å². The van der Waals surface area contributed by atoms with Gasteiger partial charge in [-0.25, -0.2) is 9.36 Å². The second-order valence-electron chi connectivity index (χ2n) is 4.22. The fourth-order valence-corrected chi connectivity index (χ4v) is 3.50. The molecular weight excluding hydrogens is 308 g/mol. The first-order valence-electron chi connectivity index (χ1n) is 5.74. The summed E-state index contributed by atoms with van der Waals surface area (Å²) in [6.45, 7) is -0.324. The summed E-state index contributed by atoms with van der Waals surface area (Å²) >= 11 is 6.44. The number of nitrogens with zero attached hydrogens (tertiary/aromatic N) is 2. The van der Waals surface area contributed by atoms with Crippen LogP contribution in [0.1, 0.15) is 5.37 Å². The number of hydrogen-bond donors (Lipinski definition) is 3. The molecule has 2 rings (SSSR count). The van der Waals surface area contributed by atoms with E-state index in [0.29, 0.717) is 0 Å². The van der Waals surface area contributed by atoms with Gasteiger partial charge >= 0.3 is 5.69 Å². The molecular formula is C11H13ClN2O5S. The quantitative estimate of drug-likeness (QED) is 0.660. The van der Waals surface area contributed by atoms with Crippen LogP contribution in [0.15, 0.2) is 27.4 Å². The monoisotopic (exact) mass is 320 g/mol. The summed E-state index contributed by atoms with van der Waals surface area (Å²) in [5.41, 5.74) is -0.215. The van der Waals surface area contributed by atoms with Gasteiger partial charge in [0, 0.05) is 24.0 Å². The third-order valence-electron chi connectivity index (χ3n) is 3.04. The Kier molecular flexibility index (Phi) is 4.71. The highest BCUT2D eigenvalue weighted by atomic mass is 35.5. The SMILES string of the molecule is O=c1ccn([C@@H]2S[C@H](CO)[C@@H](O)[C@@H]2O)c(=O)n1C=CCl. The second-order valence-corrected chi connectivity index (χ2v) is 5.83. The van der Waals surface area contributed by atoms with Gasteiger partial charge in [-0.2, -0.15) is 0 Å². The van der Waals surface area contributed by atoms with Crippen LogP contribution in [0.5, 0.6) is 0 Å².